The van der Waals surface area contributed by atoms with Crippen molar-refractivity contribution in [2.45, 2.75) is 37.3 Å². The average Bonchev–Trinajstić information content (AvgIpc) is 3.48. The first kappa shape index (κ1) is 21.5. The smallest absolute Gasteiger partial charge is 0.150 e. The Hall–Kier alpha value is -3.81. The van der Waals surface area contributed by atoms with Crippen molar-refractivity contribution in [3.05, 3.63) is 78.9 Å². The summed E-state index contributed by atoms with van der Waals surface area (Å²) in [4.78, 5) is 16.9. The van der Waals surface area contributed by atoms with E-state index < -0.39 is 0 Å². The molecule has 0 amide bonds. The third kappa shape index (κ3) is 3.54. The average molecular weight is 477 g/mol. The van der Waals surface area contributed by atoms with E-state index >= 15 is 0 Å². The quantitative estimate of drug-likeness (QED) is 0.397. The Morgan fingerprint density at radius 2 is 1.78 bits per heavy atom. The van der Waals surface area contributed by atoms with Gasteiger partial charge in [-0.05, 0) is 31.4 Å². The van der Waals surface area contributed by atoms with Crippen molar-refractivity contribution < 1.29 is 5.11 Å². The van der Waals surface area contributed by atoms with Crippen LogP contribution in [0.5, 0.6) is 0 Å². The van der Waals surface area contributed by atoms with E-state index in [0.717, 1.165) is 77.1 Å². The van der Waals surface area contributed by atoms with E-state index in [9.17, 15) is 5.11 Å². The number of pyridine rings is 1. The molecule has 2 fully saturated rings. The van der Waals surface area contributed by atoms with Gasteiger partial charge in [-0.3, -0.25) is 9.30 Å². The summed E-state index contributed by atoms with van der Waals surface area (Å²) >= 11 is 0. The molecule has 180 valence electrons. The lowest BCUT2D eigenvalue weighted by Crippen LogP contribution is -2.43. The maximum atomic E-state index is 9.93. The molecule has 7 nitrogen and oxygen atoms in total. The lowest BCUT2D eigenvalue weighted by atomic mass is 9.79. The summed E-state index contributed by atoms with van der Waals surface area (Å²) in [6, 6.07) is 21.2. The van der Waals surface area contributed by atoms with E-state index in [0.29, 0.717) is 17.8 Å². The first-order valence-electron chi connectivity index (χ1n) is 12.7. The largest absolute Gasteiger partial charge is 0.392 e. The summed E-state index contributed by atoms with van der Waals surface area (Å²) in [5.41, 5.74) is 12.1. The molecule has 1 atom stereocenters. The number of likely N-dealkylation sites (tertiary alicyclic amines) is 1. The van der Waals surface area contributed by atoms with Gasteiger partial charge >= 0.3 is 0 Å². The minimum Gasteiger partial charge on any atom is -0.392 e. The van der Waals surface area contributed by atoms with E-state index in [4.69, 9.17) is 15.7 Å². The second-order valence-corrected chi connectivity index (χ2v) is 10.1. The molecule has 3 N–H and O–H groups in total. The number of nitrogen functional groups attached to an aromatic ring is 1. The zero-order valence-corrected chi connectivity index (χ0v) is 20.0. The highest BCUT2D eigenvalue weighted by Crippen LogP contribution is 2.42. The Morgan fingerprint density at radius 1 is 0.944 bits per heavy atom. The molecule has 1 aliphatic heterocycles. The fourth-order valence-corrected chi connectivity index (χ4v) is 5.81. The van der Waals surface area contributed by atoms with E-state index in [1.165, 1.54) is 0 Å². The first-order chi connectivity index (χ1) is 17.6. The molecule has 2 aliphatic rings. The number of hydrogen-bond donors (Lipinski definition) is 2. The predicted molar refractivity (Wildman–Crippen MR) is 142 cm³/mol. The second-order valence-electron chi connectivity index (χ2n) is 10.1. The first-order valence-corrected chi connectivity index (χ1v) is 12.7. The number of aromatic nitrogens is 4. The Labute approximate surface area is 209 Å². The van der Waals surface area contributed by atoms with Gasteiger partial charge in [0.25, 0.3) is 0 Å². The van der Waals surface area contributed by atoms with Gasteiger partial charge in [0.15, 0.2) is 0 Å². The summed E-state index contributed by atoms with van der Waals surface area (Å²) < 4.78 is 2.12. The van der Waals surface area contributed by atoms with Gasteiger partial charge in [-0.15, -0.1) is 0 Å². The molecule has 0 bridgehead atoms. The summed E-state index contributed by atoms with van der Waals surface area (Å²) in [5, 5.41) is 11.0. The van der Waals surface area contributed by atoms with Gasteiger partial charge in [0.1, 0.15) is 22.9 Å². The molecular weight excluding hydrogens is 448 g/mol. The molecular formula is C29H28N6O. The van der Waals surface area contributed by atoms with E-state index in [1.54, 1.807) is 6.20 Å². The van der Waals surface area contributed by atoms with Gasteiger partial charge in [-0.2, -0.15) is 0 Å². The molecule has 3 aromatic heterocycles. The number of hydrogen-bond acceptors (Lipinski definition) is 6. The fraction of sp³-hybridized carbons (Fsp3) is 0.276. The topological polar surface area (TPSA) is 92.6 Å². The second kappa shape index (κ2) is 8.40. The number of β-amino-alcohol motifs (C(OH)–C–C–N with tert-alkyl or cyclic N) is 1. The van der Waals surface area contributed by atoms with Crippen LogP contribution in [0.15, 0.2) is 73.1 Å². The van der Waals surface area contributed by atoms with Crippen LogP contribution in [0, 0.1) is 0 Å². The minimum absolute atomic E-state index is 0.183. The van der Waals surface area contributed by atoms with Crippen molar-refractivity contribution >= 4 is 22.2 Å². The Bertz CT molecular complexity index is 1570. The molecule has 36 heavy (non-hydrogen) atoms. The van der Waals surface area contributed by atoms with E-state index in [-0.39, 0.29) is 6.10 Å². The molecule has 2 aromatic carbocycles. The Balaban J connectivity index is 1.27. The van der Waals surface area contributed by atoms with Crippen molar-refractivity contribution in [2.24, 2.45) is 0 Å². The molecule has 1 saturated heterocycles. The normalized spacial score (nSPS) is 22.3. The summed E-state index contributed by atoms with van der Waals surface area (Å²) in [5.74, 6) is 1.88. The van der Waals surface area contributed by atoms with Crippen molar-refractivity contribution in [1.29, 1.82) is 0 Å². The number of nitrogens with two attached hydrogens (primary N) is 1. The van der Waals surface area contributed by atoms with Gasteiger partial charge in [-0.1, -0.05) is 48.5 Å². The van der Waals surface area contributed by atoms with Crippen LogP contribution in [0.3, 0.4) is 0 Å². The molecule has 0 spiro atoms. The number of aliphatic hydroxyl groups is 1. The Morgan fingerprint density at radius 3 is 2.58 bits per heavy atom. The summed E-state index contributed by atoms with van der Waals surface area (Å²) in [7, 11) is 0. The Kier molecular flexibility index (Phi) is 5.01. The number of rotatable bonds is 4. The summed E-state index contributed by atoms with van der Waals surface area (Å²) in [6.45, 7) is 1.77. The molecule has 0 unspecified atom stereocenters. The van der Waals surface area contributed by atoms with Crippen molar-refractivity contribution in [3.8, 4) is 22.5 Å². The molecule has 5 aromatic rings. The van der Waals surface area contributed by atoms with Crippen LogP contribution in [-0.2, 0) is 0 Å². The molecule has 4 heterocycles. The third-order valence-corrected chi connectivity index (χ3v) is 7.83. The zero-order valence-electron chi connectivity index (χ0n) is 20.0. The molecule has 7 rings (SSSR count). The van der Waals surface area contributed by atoms with Crippen LogP contribution in [0.4, 0.5) is 5.82 Å². The van der Waals surface area contributed by atoms with Gasteiger partial charge in [0.05, 0.1) is 17.3 Å². The maximum Gasteiger partial charge on any atom is 0.150 e. The molecule has 1 saturated carbocycles. The van der Waals surface area contributed by atoms with Crippen LogP contribution < -0.4 is 5.73 Å². The highest BCUT2D eigenvalue weighted by molar-refractivity contribution is 5.91. The van der Waals surface area contributed by atoms with Crippen LogP contribution in [0.2, 0.25) is 0 Å². The van der Waals surface area contributed by atoms with Gasteiger partial charge in [0.2, 0.25) is 0 Å². The van der Waals surface area contributed by atoms with Crippen LogP contribution in [0.25, 0.3) is 38.9 Å². The molecule has 1 aliphatic carbocycles. The molecule has 0 radical (unpaired) electrons. The number of fused-ring (bicyclic) bond motifs is 2. The van der Waals surface area contributed by atoms with Crippen LogP contribution >= 0.6 is 0 Å². The lowest BCUT2D eigenvalue weighted by molar-refractivity contribution is 0.107. The zero-order chi connectivity index (χ0) is 24.2. The standard InChI is InChI=1S/C29H28N6O/c30-28-27-26(20-7-6-19-8-9-24(32-25(19)16-20)18-4-2-1-3-5-18)33-29(35(27)13-11-31-28)21-14-22(15-21)34-12-10-23(36)17-34/h1-9,11,13,16,21-23,36H,10,12,14-15,17H2,(H2,30,31)/t21-,22+,23-/m0/s1. The van der Waals surface area contributed by atoms with Crippen molar-refractivity contribution in [3.63, 3.8) is 0 Å². The van der Waals surface area contributed by atoms with E-state index in [1.807, 2.05) is 24.4 Å². The number of benzene rings is 2. The van der Waals surface area contributed by atoms with Crippen molar-refractivity contribution in [2.75, 3.05) is 18.8 Å². The number of nitrogens with zero attached hydrogens (tertiary/aromatic N) is 5. The van der Waals surface area contributed by atoms with Gasteiger partial charge < -0.3 is 10.8 Å². The highest BCUT2D eigenvalue weighted by Gasteiger charge is 2.39. The van der Waals surface area contributed by atoms with Crippen molar-refractivity contribution in [1.82, 2.24) is 24.3 Å². The third-order valence-electron chi connectivity index (χ3n) is 7.83. The maximum absolute atomic E-state index is 9.93. The SMILES string of the molecule is Nc1nccn2c1c(-c1ccc3ccc(-c4ccccc4)nc3c1)nc2[C@H]1C[C@@H](N2CC[C@H](O)C2)C1. The monoisotopic (exact) mass is 476 g/mol. The lowest BCUT2D eigenvalue weighted by Gasteiger charge is -2.40. The number of imidazole rings is 1. The number of anilines is 1. The number of aliphatic hydroxyl groups excluding tert-OH is 1. The van der Waals surface area contributed by atoms with Crippen LogP contribution in [-0.4, -0.2) is 54.6 Å². The fourth-order valence-electron chi connectivity index (χ4n) is 5.81. The van der Waals surface area contributed by atoms with Gasteiger partial charge in [-0.25, -0.2) is 15.0 Å². The predicted octanol–water partition coefficient (Wildman–Crippen LogP) is 4.51. The van der Waals surface area contributed by atoms with Gasteiger partial charge in [0, 0.05) is 54.0 Å². The molecule has 7 heteroatoms. The summed E-state index contributed by atoms with van der Waals surface area (Å²) in [6.07, 6.45) is 6.51. The highest BCUT2D eigenvalue weighted by atomic mass is 16.3. The van der Waals surface area contributed by atoms with Crippen LogP contribution in [0.1, 0.15) is 31.0 Å². The minimum atomic E-state index is -0.183. The van der Waals surface area contributed by atoms with E-state index in [2.05, 4.69) is 56.7 Å².